The molecule has 7 aromatic rings. The Hall–Kier alpha value is -6.02. The Labute approximate surface area is 244 Å². The fourth-order valence-corrected chi connectivity index (χ4v) is 6.09. The van der Waals surface area contributed by atoms with Crippen LogP contribution in [0.25, 0.3) is 89.7 Å². The lowest BCUT2D eigenvalue weighted by Crippen LogP contribution is -1.85. The van der Waals surface area contributed by atoms with Gasteiger partial charge in [-0.05, 0) is 12.0 Å². The van der Waals surface area contributed by atoms with Crippen LogP contribution in [0.5, 0.6) is 0 Å². The van der Waals surface area contributed by atoms with Crippen LogP contribution in [0.1, 0.15) is 5.56 Å². The van der Waals surface area contributed by atoms with Crippen LogP contribution >= 0.6 is 0 Å². The van der Waals surface area contributed by atoms with Crippen molar-refractivity contribution >= 4 is 44.1 Å². The summed E-state index contributed by atoms with van der Waals surface area (Å²) in [7, 11) is 0. The summed E-state index contributed by atoms with van der Waals surface area (Å²) < 4.78 is 0. The number of rotatable bonds is 2. The number of nitrogens with zero attached hydrogens (tertiary/aromatic N) is 6. The number of aromatic amines is 2. The van der Waals surface area contributed by atoms with E-state index in [-0.39, 0.29) is 0 Å². The molecule has 0 fully saturated rings. The SMILES string of the molecule is C=CCc1cccc2c3nc4nc(nc5[nH]c(nc6nc(nc([nH]3)c12)-c1ccccc1-6)c1ccccc51)-c1ccccc1-4. The Morgan fingerprint density at radius 1 is 0.465 bits per heavy atom. The largest absolute Gasteiger partial charge is 0.324 e. The van der Waals surface area contributed by atoms with E-state index in [2.05, 4.69) is 28.7 Å². The molecule has 2 N–H and O–H groups in total. The molecule has 8 heteroatoms. The van der Waals surface area contributed by atoms with Crippen LogP contribution in [0.2, 0.25) is 0 Å². The third-order valence-corrected chi connectivity index (χ3v) is 8.03. The van der Waals surface area contributed by atoms with Crippen molar-refractivity contribution in [2.24, 2.45) is 0 Å². The smallest absolute Gasteiger partial charge is 0.164 e. The summed E-state index contributed by atoms with van der Waals surface area (Å²) in [6.45, 7) is 3.98. The summed E-state index contributed by atoms with van der Waals surface area (Å²) in [4.78, 5) is 37.2. The molecule has 0 radical (unpaired) electrons. The Morgan fingerprint density at radius 2 is 0.884 bits per heavy atom. The van der Waals surface area contributed by atoms with E-state index >= 15 is 0 Å². The van der Waals surface area contributed by atoms with E-state index in [1.54, 1.807) is 0 Å². The van der Waals surface area contributed by atoms with Crippen molar-refractivity contribution in [3.8, 4) is 45.6 Å². The predicted octanol–water partition coefficient (Wildman–Crippen LogP) is 7.60. The summed E-state index contributed by atoms with van der Waals surface area (Å²) in [5.74, 6) is 2.35. The molecule has 2 aliphatic heterocycles. The molecular formula is C35H22N8. The fraction of sp³-hybridized carbons (Fsp3) is 0.0286. The summed E-state index contributed by atoms with van der Waals surface area (Å²) >= 11 is 0. The minimum atomic E-state index is 0.587. The summed E-state index contributed by atoms with van der Waals surface area (Å²) in [5, 5.41) is 3.83. The molecule has 3 aromatic heterocycles. The second kappa shape index (κ2) is 8.99. The lowest BCUT2D eigenvalue weighted by Gasteiger charge is -2.00. The molecule has 0 saturated heterocycles. The van der Waals surface area contributed by atoms with E-state index < -0.39 is 0 Å². The summed E-state index contributed by atoms with van der Waals surface area (Å²) in [6.07, 6.45) is 2.59. The highest BCUT2D eigenvalue weighted by molar-refractivity contribution is 6.07. The third kappa shape index (κ3) is 3.56. The van der Waals surface area contributed by atoms with Gasteiger partial charge in [0, 0.05) is 43.8 Å². The number of H-pyrrole nitrogens is 2. The number of benzene rings is 4. The van der Waals surface area contributed by atoms with Crippen LogP contribution in [0.3, 0.4) is 0 Å². The average molecular weight is 555 g/mol. The highest BCUT2D eigenvalue weighted by atomic mass is 15.1. The Balaban J connectivity index is 1.51. The molecule has 8 nitrogen and oxygen atoms in total. The van der Waals surface area contributed by atoms with Crippen LogP contribution in [0, 0.1) is 0 Å². The number of nitrogens with one attached hydrogen (secondary N) is 2. The predicted molar refractivity (Wildman–Crippen MR) is 170 cm³/mol. The van der Waals surface area contributed by atoms with Gasteiger partial charge in [-0.15, -0.1) is 6.58 Å². The number of hydrogen-bond donors (Lipinski definition) is 2. The molecule has 0 unspecified atom stereocenters. The van der Waals surface area contributed by atoms with Crippen LogP contribution in [-0.4, -0.2) is 39.9 Å². The molecule has 5 heterocycles. The summed E-state index contributed by atoms with van der Waals surface area (Å²) in [6, 6.07) is 30.4. The van der Waals surface area contributed by atoms with Gasteiger partial charge in [-0.3, -0.25) is 0 Å². The van der Waals surface area contributed by atoms with E-state index in [9.17, 15) is 0 Å². The van der Waals surface area contributed by atoms with Gasteiger partial charge in [0.05, 0.1) is 0 Å². The molecule has 2 aliphatic rings. The van der Waals surface area contributed by atoms with Gasteiger partial charge in [-0.25, -0.2) is 29.9 Å². The van der Waals surface area contributed by atoms with E-state index in [4.69, 9.17) is 29.9 Å². The lowest BCUT2D eigenvalue weighted by molar-refractivity contribution is 1.19. The van der Waals surface area contributed by atoms with Crippen molar-refractivity contribution < 1.29 is 0 Å². The van der Waals surface area contributed by atoms with Crippen molar-refractivity contribution in [1.29, 1.82) is 0 Å². The van der Waals surface area contributed by atoms with Gasteiger partial charge in [0.1, 0.15) is 22.6 Å². The van der Waals surface area contributed by atoms with E-state index in [1.807, 2.05) is 84.9 Å². The first-order chi connectivity index (χ1) is 21.2. The lowest BCUT2D eigenvalue weighted by atomic mass is 10.1. The van der Waals surface area contributed by atoms with Crippen molar-refractivity contribution in [2.75, 3.05) is 0 Å². The van der Waals surface area contributed by atoms with Crippen LogP contribution in [0.4, 0.5) is 0 Å². The monoisotopic (exact) mass is 554 g/mol. The van der Waals surface area contributed by atoms with Crippen molar-refractivity contribution in [3.63, 3.8) is 0 Å². The first kappa shape index (κ1) is 23.7. The molecule has 9 rings (SSSR count). The van der Waals surface area contributed by atoms with E-state index in [0.717, 1.165) is 49.4 Å². The van der Waals surface area contributed by atoms with Crippen molar-refractivity contribution in [2.45, 2.75) is 6.42 Å². The Kier molecular flexibility index (Phi) is 4.95. The number of hydrogen-bond acceptors (Lipinski definition) is 6. The van der Waals surface area contributed by atoms with Crippen molar-refractivity contribution in [3.05, 3.63) is 109 Å². The molecule has 8 bridgehead atoms. The summed E-state index contributed by atoms with van der Waals surface area (Å²) in [5.41, 5.74) is 7.49. The maximum atomic E-state index is 5.12. The topological polar surface area (TPSA) is 109 Å². The second-order valence-electron chi connectivity index (χ2n) is 10.6. The molecule has 0 spiro atoms. The van der Waals surface area contributed by atoms with E-state index in [0.29, 0.717) is 52.3 Å². The molecule has 0 atom stereocenters. The molecule has 4 aromatic carbocycles. The van der Waals surface area contributed by atoms with Gasteiger partial charge in [0.15, 0.2) is 23.3 Å². The molecule has 43 heavy (non-hydrogen) atoms. The van der Waals surface area contributed by atoms with Gasteiger partial charge in [-0.2, -0.15) is 0 Å². The zero-order chi connectivity index (χ0) is 28.5. The van der Waals surface area contributed by atoms with Gasteiger partial charge in [0.25, 0.3) is 0 Å². The first-order valence-corrected chi connectivity index (χ1v) is 14.1. The molecule has 0 saturated carbocycles. The van der Waals surface area contributed by atoms with Gasteiger partial charge < -0.3 is 9.97 Å². The molecule has 202 valence electrons. The number of fused-ring (bicyclic) bond motifs is 20. The van der Waals surface area contributed by atoms with Crippen LogP contribution in [-0.2, 0) is 6.42 Å². The molecule has 0 aliphatic carbocycles. The Bertz CT molecular complexity index is 2460. The van der Waals surface area contributed by atoms with Gasteiger partial charge >= 0.3 is 0 Å². The minimum absolute atomic E-state index is 0.587. The van der Waals surface area contributed by atoms with E-state index in [1.165, 1.54) is 0 Å². The highest BCUT2D eigenvalue weighted by Crippen LogP contribution is 2.37. The Morgan fingerprint density at radius 3 is 1.40 bits per heavy atom. The van der Waals surface area contributed by atoms with Gasteiger partial charge in [-0.1, -0.05) is 97.1 Å². The fourth-order valence-electron chi connectivity index (χ4n) is 6.09. The number of aromatic nitrogens is 8. The van der Waals surface area contributed by atoms with Crippen LogP contribution < -0.4 is 0 Å². The minimum Gasteiger partial charge on any atom is -0.324 e. The molecular weight excluding hydrogens is 532 g/mol. The standard InChI is InChI=1S/C35H22N8/c1-2-10-19-11-9-18-26-27(19)35-42-33-25-17-8-7-16-24(25)31(40-33)38-29-21-13-4-3-12-20(21)28(36-29)37-30-22-14-5-6-15-23(22)32(39-30)41-34(26)43-35/h2-9,11-18H,1,10H2,(H2,36,37,38,39,40,41,42,43). The van der Waals surface area contributed by atoms with Crippen LogP contribution in [0.15, 0.2) is 104 Å². The van der Waals surface area contributed by atoms with Gasteiger partial charge in [0.2, 0.25) is 0 Å². The quantitative estimate of drug-likeness (QED) is 0.213. The maximum absolute atomic E-state index is 5.12. The maximum Gasteiger partial charge on any atom is 0.164 e. The third-order valence-electron chi connectivity index (χ3n) is 8.03. The first-order valence-electron chi connectivity index (χ1n) is 14.1. The molecule has 0 amide bonds. The zero-order valence-corrected chi connectivity index (χ0v) is 22.8. The average Bonchev–Trinajstić information content (AvgIpc) is 3.77. The normalized spacial score (nSPS) is 11.9. The zero-order valence-electron chi connectivity index (χ0n) is 22.8. The highest BCUT2D eigenvalue weighted by Gasteiger charge is 2.22. The van der Waals surface area contributed by atoms with Crippen molar-refractivity contribution in [1.82, 2.24) is 39.9 Å². The second-order valence-corrected chi connectivity index (χ2v) is 10.6. The number of allylic oxidation sites excluding steroid dienone is 1.